The molecule has 27 heavy (non-hydrogen) atoms. The van der Waals surface area contributed by atoms with Crippen molar-refractivity contribution in [1.82, 2.24) is 0 Å². The van der Waals surface area contributed by atoms with Crippen LogP contribution in [0.3, 0.4) is 0 Å². The van der Waals surface area contributed by atoms with Gasteiger partial charge < -0.3 is 29.0 Å². The number of aryl methyl sites for hydroxylation is 2. The second-order valence-corrected chi connectivity index (χ2v) is 8.46. The van der Waals surface area contributed by atoms with Crippen LogP contribution in [0.5, 0.6) is 0 Å². The summed E-state index contributed by atoms with van der Waals surface area (Å²) in [6.07, 6.45) is -3.03. The van der Waals surface area contributed by atoms with Crippen LogP contribution in [0.4, 0.5) is 5.69 Å². The van der Waals surface area contributed by atoms with Gasteiger partial charge in [-0.05, 0) is 64.8 Å². The first kappa shape index (κ1) is 18.8. The van der Waals surface area contributed by atoms with Crippen molar-refractivity contribution in [3.05, 3.63) is 29.3 Å². The van der Waals surface area contributed by atoms with Gasteiger partial charge in [-0.2, -0.15) is 0 Å². The lowest BCUT2D eigenvalue weighted by atomic mass is 9.98. The topological polar surface area (TPSA) is 75.3 Å². The largest absolute Gasteiger partial charge is 0.342 e. The summed E-state index contributed by atoms with van der Waals surface area (Å²) in [4.78, 5) is 13.0. The van der Waals surface area contributed by atoms with Crippen molar-refractivity contribution in [1.29, 1.82) is 0 Å². The van der Waals surface area contributed by atoms with E-state index in [0.717, 1.165) is 16.8 Å². The van der Waals surface area contributed by atoms with Crippen LogP contribution in [-0.4, -0.2) is 48.2 Å². The lowest BCUT2D eigenvalue weighted by Crippen LogP contribution is -2.58. The zero-order chi connectivity index (χ0) is 19.6. The molecule has 0 radical (unpaired) electrons. The van der Waals surface area contributed by atoms with Gasteiger partial charge in [0.05, 0.1) is 0 Å². The van der Waals surface area contributed by atoms with E-state index >= 15 is 0 Å². The van der Waals surface area contributed by atoms with Gasteiger partial charge in [-0.25, -0.2) is 0 Å². The zero-order valence-electron chi connectivity index (χ0n) is 16.6. The second kappa shape index (κ2) is 6.25. The lowest BCUT2D eigenvalue weighted by Gasteiger charge is -2.36. The molecule has 0 unspecified atom stereocenters. The van der Waals surface area contributed by atoms with E-state index < -0.39 is 42.3 Å². The Balaban J connectivity index is 1.59. The van der Waals surface area contributed by atoms with Crippen molar-refractivity contribution < 1.29 is 28.5 Å². The van der Waals surface area contributed by atoms with Gasteiger partial charge in [0.2, 0.25) is 0 Å². The molecule has 3 fully saturated rings. The maximum Gasteiger partial charge on any atom is 0.256 e. The highest BCUT2D eigenvalue weighted by Gasteiger charge is 2.62. The summed E-state index contributed by atoms with van der Waals surface area (Å²) < 4.78 is 29.8. The number of carbonyl (C=O) groups is 1. The Morgan fingerprint density at radius 3 is 2.07 bits per heavy atom. The SMILES string of the molecule is Cc1cc(C)cc(NC(=O)[C@@H]2O[C@@H]3OC(C)(C)O[C@@H]3[C@H]3OC(C)(C)O[C@@H]32)c1. The first-order chi connectivity index (χ1) is 12.5. The third-order valence-electron chi connectivity index (χ3n) is 4.90. The molecule has 148 valence electrons. The number of benzene rings is 1. The van der Waals surface area contributed by atoms with E-state index in [1.54, 1.807) is 0 Å². The Hall–Kier alpha value is -1.51. The first-order valence-electron chi connectivity index (χ1n) is 9.29. The van der Waals surface area contributed by atoms with E-state index in [9.17, 15) is 4.79 Å². The summed E-state index contributed by atoms with van der Waals surface area (Å²) in [5, 5.41) is 2.94. The van der Waals surface area contributed by atoms with E-state index in [-0.39, 0.29) is 5.91 Å². The summed E-state index contributed by atoms with van der Waals surface area (Å²) in [5.41, 5.74) is 2.87. The van der Waals surface area contributed by atoms with Crippen LogP contribution in [0.2, 0.25) is 0 Å². The van der Waals surface area contributed by atoms with Crippen LogP contribution in [0, 0.1) is 13.8 Å². The minimum absolute atomic E-state index is 0.289. The third-order valence-corrected chi connectivity index (χ3v) is 4.90. The van der Waals surface area contributed by atoms with Gasteiger partial charge in [-0.1, -0.05) is 6.07 Å². The van der Waals surface area contributed by atoms with E-state index in [1.165, 1.54) is 0 Å². The molecule has 3 saturated heterocycles. The molecule has 0 bridgehead atoms. The van der Waals surface area contributed by atoms with E-state index in [0.29, 0.717) is 0 Å². The minimum atomic E-state index is -0.864. The number of amides is 1. The number of anilines is 1. The molecule has 3 heterocycles. The van der Waals surface area contributed by atoms with Crippen molar-refractivity contribution in [2.24, 2.45) is 0 Å². The zero-order valence-corrected chi connectivity index (χ0v) is 16.6. The molecule has 1 N–H and O–H groups in total. The second-order valence-electron chi connectivity index (χ2n) is 8.46. The lowest BCUT2D eigenvalue weighted by molar-refractivity contribution is -0.229. The number of hydrogen-bond acceptors (Lipinski definition) is 6. The minimum Gasteiger partial charge on any atom is -0.342 e. The average Bonchev–Trinajstić information content (AvgIpc) is 2.99. The van der Waals surface area contributed by atoms with Gasteiger partial charge in [0.15, 0.2) is 24.0 Å². The van der Waals surface area contributed by atoms with Crippen LogP contribution >= 0.6 is 0 Å². The van der Waals surface area contributed by atoms with Gasteiger partial charge in [0, 0.05) is 5.69 Å². The van der Waals surface area contributed by atoms with Crippen molar-refractivity contribution in [2.45, 2.75) is 83.8 Å². The molecule has 3 aliphatic rings. The molecule has 0 aliphatic carbocycles. The van der Waals surface area contributed by atoms with Gasteiger partial charge in [-0.3, -0.25) is 4.79 Å². The summed E-state index contributed by atoms with van der Waals surface area (Å²) in [6.45, 7) is 11.2. The quantitative estimate of drug-likeness (QED) is 0.854. The van der Waals surface area contributed by atoms with Crippen LogP contribution in [0.1, 0.15) is 38.8 Å². The third kappa shape index (κ3) is 3.62. The number of ether oxygens (including phenoxy) is 5. The maximum atomic E-state index is 13.0. The highest BCUT2D eigenvalue weighted by atomic mass is 16.9. The number of fused-ring (bicyclic) bond motifs is 3. The molecule has 5 atom stereocenters. The maximum absolute atomic E-state index is 13.0. The first-order valence-corrected chi connectivity index (χ1v) is 9.29. The Bertz CT molecular complexity index is 741. The summed E-state index contributed by atoms with van der Waals surface area (Å²) >= 11 is 0. The van der Waals surface area contributed by atoms with Gasteiger partial charge >= 0.3 is 0 Å². The average molecular weight is 377 g/mol. The Kier molecular flexibility index (Phi) is 4.36. The molecule has 0 aromatic heterocycles. The fourth-order valence-electron chi connectivity index (χ4n) is 4.08. The number of rotatable bonds is 2. The van der Waals surface area contributed by atoms with Crippen LogP contribution < -0.4 is 5.32 Å². The van der Waals surface area contributed by atoms with Crippen molar-refractivity contribution in [2.75, 3.05) is 5.32 Å². The van der Waals surface area contributed by atoms with E-state index in [4.69, 9.17) is 23.7 Å². The fourth-order valence-corrected chi connectivity index (χ4v) is 4.08. The molecule has 1 aromatic carbocycles. The van der Waals surface area contributed by atoms with Crippen molar-refractivity contribution >= 4 is 11.6 Å². The smallest absolute Gasteiger partial charge is 0.256 e. The Morgan fingerprint density at radius 2 is 1.41 bits per heavy atom. The highest BCUT2D eigenvalue weighted by Crippen LogP contribution is 2.44. The molecule has 0 spiro atoms. The normalized spacial score (nSPS) is 36.1. The molecule has 1 amide bonds. The van der Waals surface area contributed by atoms with Crippen LogP contribution in [0.15, 0.2) is 18.2 Å². The molecule has 3 aliphatic heterocycles. The molecule has 0 saturated carbocycles. The van der Waals surface area contributed by atoms with Gasteiger partial charge in [0.25, 0.3) is 5.91 Å². The molecule has 4 rings (SSSR count). The van der Waals surface area contributed by atoms with Crippen molar-refractivity contribution in [3.8, 4) is 0 Å². The van der Waals surface area contributed by atoms with Crippen LogP contribution in [0.25, 0.3) is 0 Å². The molecular weight excluding hydrogens is 350 g/mol. The van der Waals surface area contributed by atoms with Crippen LogP contribution in [-0.2, 0) is 28.5 Å². The number of nitrogens with one attached hydrogen (secondary N) is 1. The Morgan fingerprint density at radius 1 is 0.852 bits per heavy atom. The van der Waals surface area contributed by atoms with Gasteiger partial charge in [-0.15, -0.1) is 0 Å². The number of hydrogen-bond donors (Lipinski definition) is 1. The molecule has 7 heteroatoms. The molecule has 1 aromatic rings. The van der Waals surface area contributed by atoms with E-state index in [1.807, 2.05) is 53.7 Å². The van der Waals surface area contributed by atoms with Gasteiger partial charge in [0.1, 0.15) is 18.3 Å². The van der Waals surface area contributed by atoms with Crippen molar-refractivity contribution in [3.63, 3.8) is 0 Å². The predicted octanol–water partition coefficient (Wildman–Crippen LogP) is 2.64. The summed E-state index contributed by atoms with van der Waals surface area (Å²) in [7, 11) is 0. The molecule has 7 nitrogen and oxygen atoms in total. The molecular formula is C20H27NO6. The fraction of sp³-hybridized carbons (Fsp3) is 0.650. The monoisotopic (exact) mass is 377 g/mol. The number of carbonyl (C=O) groups excluding carboxylic acids is 1. The summed E-state index contributed by atoms with van der Waals surface area (Å²) in [5.74, 6) is -1.93. The highest BCUT2D eigenvalue weighted by molar-refractivity contribution is 5.95. The van der Waals surface area contributed by atoms with E-state index in [2.05, 4.69) is 11.4 Å². The Labute approximate surface area is 159 Å². The summed E-state index contributed by atoms with van der Waals surface area (Å²) in [6, 6.07) is 5.89. The standard InChI is InChI=1S/C20H27NO6/c1-10-7-11(2)9-12(8-10)21-17(22)15-13-14(25-19(3,4)24-13)16-18(23-15)27-20(5,6)26-16/h7-9,13-16,18H,1-6H3,(H,21,22)/t13-,14-,15+,16+,18+/m0/s1. The predicted molar refractivity (Wildman–Crippen MR) is 97.1 cm³/mol.